The van der Waals surface area contributed by atoms with Crippen LogP contribution in [-0.2, 0) is 9.53 Å². The average molecular weight is 193 g/mol. The molecule has 0 aliphatic carbocycles. The second-order valence-electron chi connectivity index (χ2n) is 2.89. The van der Waals surface area contributed by atoms with Crippen molar-refractivity contribution in [3.63, 3.8) is 0 Å². The molecule has 1 atom stereocenters. The van der Waals surface area contributed by atoms with E-state index in [-0.39, 0.29) is 23.4 Å². The van der Waals surface area contributed by atoms with Crippen molar-refractivity contribution in [2.45, 2.75) is 18.9 Å². The number of nitriles is 1. The lowest BCUT2D eigenvalue weighted by Gasteiger charge is -2.01. The van der Waals surface area contributed by atoms with Gasteiger partial charge in [-0.1, -0.05) is 0 Å². The van der Waals surface area contributed by atoms with Crippen molar-refractivity contribution in [1.82, 2.24) is 4.98 Å². The highest BCUT2D eigenvalue weighted by atomic mass is 16.6. The smallest absolute Gasteiger partial charge is 0.306 e. The van der Waals surface area contributed by atoms with Gasteiger partial charge < -0.3 is 14.9 Å². The van der Waals surface area contributed by atoms with Gasteiger partial charge in [0.2, 0.25) is 17.5 Å². The second-order valence-corrected chi connectivity index (χ2v) is 2.89. The molecule has 0 radical (unpaired) electrons. The van der Waals surface area contributed by atoms with E-state index >= 15 is 0 Å². The summed E-state index contributed by atoms with van der Waals surface area (Å²) >= 11 is 0. The third-order valence-electron chi connectivity index (χ3n) is 1.94. The third-order valence-corrected chi connectivity index (χ3v) is 1.94. The summed E-state index contributed by atoms with van der Waals surface area (Å²) in [6, 6.07) is 1.78. The Morgan fingerprint density at radius 2 is 2.43 bits per heavy atom. The molecule has 0 saturated carbocycles. The molecule has 0 spiro atoms. The fourth-order valence-corrected chi connectivity index (χ4v) is 1.27. The van der Waals surface area contributed by atoms with E-state index in [9.17, 15) is 4.79 Å². The maximum absolute atomic E-state index is 10.8. The Morgan fingerprint density at radius 3 is 2.93 bits per heavy atom. The van der Waals surface area contributed by atoms with Crippen LogP contribution in [0.5, 0.6) is 0 Å². The van der Waals surface area contributed by atoms with Crippen molar-refractivity contribution in [1.29, 1.82) is 5.26 Å². The van der Waals surface area contributed by atoms with Crippen molar-refractivity contribution in [2.24, 2.45) is 0 Å². The molecular weight excluding hydrogens is 186 g/mol. The molecular formula is C8H7N3O3. The van der Waals surface area contributed by atoms with Gasteiger partial charge in [-0.3, -0.25) is 4.79 Å². The van der Waals surface area contributed by atoms with Gasteiger partial charge >= 0.3 is 5.97 Å². The number of aromatic nitrogens is 1. The highest BCUT2D eigenvalue weighted by Gasteiger charge is 2.29. The van der Waals surface area contributed by atoms with Crippen molar-refractivity contribution in [3.8, 4) is 6.07 Å². The molecule has 0 amide bonds. The van der Waals surface area contributed by atoms with Gasteiger partial charge in [0.1, 0.15) is 6.07 Å². The van der Waals surface area contributed by atoms with Crippen LogP contribution >= 0.6 is 0 Å². The van der Waals surface area contributed by atoms with Gasteiger partial charge in [0.05, 0.1) is 0 Å². The molecule has 1 aliphatic heterocycles. The van der Waals surface area contributed by atoms with E-state index in [2.05, 4.69) is 4.98 Å². The molecule has 1 fully saturated rings. The summed E-state index contributed by atoms with van der Waals surface area (Å²) in [7, 11) is 0. The number of nitrogens with zero attached hydrogens (tertiary/aromatic N) is 2. The summed E-state index contributed by atoms with van der Waals surface area (Å²) in [6.07, 6.45) is 0.366. The van der Waals surface area contributed by atoms with Crippen LogP contribution in [0.4, 0.5) is 5.88 Å². The Morgan fingerprint density at radius 1 is 1.64 bits per heavy atom. The van der Waals surface area contributed by atoms with E-state index in [0.717, 1.165) is 0 Å². The lowest BCUT2D eigenvalue weighted by Crippen LogP contribution is -1.98. The first-order chi connectivity index (χ1) is 6.70. The first kappa shape index (κ1) is 8.56. The molecule has 1 aliphatic rings. The van der Waals surface area contributed by atoms with Crippen molar-refractivity contribution < 1.29 is 13.9 Å². The van der Waals surface area contributed by atoms with Crippen LogP contribution in [0.15, 0.2) is 4.42 Å². The molecule has 0 aromatic carbocycles. The largest absolute Gasteiger partial charge is 0.452 e. The molecule has 2 heterocycles. The Hall–Kier alpha value is -2.03. The zero-order valence-electron chi connectivity index (χ0n) is 7.19. The molecule has 14 heavy (non-hydrogen) atoms. The van der Waals surface area contributed by atoms with Crippen molar-refractivity contribution in [2.75, 3.05) is 5.73 Å². The molecule has 1 aromatic rings. The van der Waals surface area contributed by atoms with Crippen LogP contribution in [0.2, 0.25) is 0 Å². The zero-order chi connectivity index (χ0) is 10.1. The normalized spacial score (nSPS) is 20.5. The topological polar surface area (TPSA) is 102 Å². The van der Waals surface area contributed by atoms with Crippen LogP contribution in [0, 0.1) is 11.3 Å². The van der Waals surface area contributed by atoms with E-state index in [1.807, 2.05) is 0 Å². The lowest BCUT2D eigenvalue weighted by atomic mass is 10.2. The van der Waals surface area contributed by atoms with E-state index < -0.39 is 6.10 Å². The quantitative estimate of drug-likeness (QED) is 0.651. The van der Waals surface area contributed by atoms with E-state index in [1.54, 1.807) is 6.07 Å². The summed E-state index contributed by atoms with van der Waals surface area (Å²) in [5.74, 6) is -0.124. The Bertz CT molecular complexity index is 418. The maximum Gasteiger partial charge on any atom is 0.306 e. The predicted molar refractivity (Wildman–Crippen MR) is 43.7 cm³/mol. The molecule has 0 unspecified atom stereocenters. The minimum atomic E-state index is -0.494. The summed E-state index contributed by atoms with van der Waals surface area (Å²) in [4.78, 5) is 14.6. The molecule has 1 saturated heterocycles. The van der Waals surface area contributed by atoms with Crippen LogP contribution in [0.25, 0.3) is 0 Å². The number of nitrogens with two attached hydrogens (primary N) is 1. The van der Waals surface area contributed by atoms with Gasteiger partial charge in [-0.2, -0.15) is 10.2 Å². The van der Waals surface area contributed by atoms with Gasteiger partial charge in [0, 0.05) is 12.8 Å². The number of carbonyl (C=O) groups is 1. The van der Waals surface area contributed by atoms with Crippen LogP contribution in [0.3, 0.4) is 0 Å². The van der Waals surface area contributed by atoms with Crippen molar-refractivity contribution in [3.05, 3.63) is 11.6 Å². The lowest BCUT2D eigenvalue weighted by molar-refractivity contribution is -0.142. The van der Waals surface area contributed by atoms with Gasteiger partial charge in [0.25, 0.3) is 0 Å². The number of cyclic esters (lactones) is 1. The highest BCUT2D eigenvalue weighted by Crippen LogP contribution is 2.30. The summed E-state index contributed by atoms with van der Waals surface area (Å²) in [5, 5.41) is 8.57. The van der Waals surface area contributed by atoms with Gasteiger partial charge in [-0.05, 0) is 0 Å². The van der Waals surface area contributed by atoms with Gasteiger partial charge in [-0.25, -0.2) is 0 Å². The molecule has 2 rings (SSSR count). The predicted octanol–water partition coefficient (Wildman–Crippen LogP) is 0.507. The molecule has 6 heteroatoms. The molecule has 0 bridgehead atoms. The SMILES string of the molecule is N#Cc1nc([C@@H]2CCC(=O)O2)oc1N. The Labute approximate surface area is 79.3 Å². The first-order valence-electron chi connectivity index (χ1n) is 4.06. The summed E-state index contributed by atoms with van der Waals surface area (Å²) in [5.41, 5.74) is 5.39. The van der Waals surface area contributed by atoms with Gasteiger partial charge in [0.15, 0.2) is 6.10 Å². The summed E-state index contributed by atoms with van der Waals surface area (Å²) < 4.78 is 9.90. The van der Waals surface area contributed by atoms with Crippen molar-refractivity contribution >= 4 is 11.9 Å². The maximum atomic E-state index is 10.8. The number of ether oxygens (including phenoxy) is 1. The molecule has 6 nitrogen and oxygen atoms in total. The number of esters is 1. The second kappa shape index (κ2) is 3.03. The first-order valence-corrected chi connectivity index (χ1v) is 4.06. The Balaban J connectivity index is 2.25. The van der Waals surface area contributed by atoms with Crippen LogP contribution < -0.4 is 5.73 Å². The third kappa shape index (κ3) is 1.29. The van der Waals surface area contributed by atoms with Gasteiger partial charge in [-0.15, -0.1) is 0 Å². The molecule has 2 N–H and O–H groups in total. The zero-order valence-corrected chi connectivity index (χ0v) is 7.19. The fraction of sp³-hybridized carbons (Fsp3) is 0.375. The highest BCUT2D eigenvalue weighted by molar-refractivity contribution is 5.71. The van der Waals surface area contributed by atoms with Crippen LogP contribution in [0.1, 0.15) is 30.5 Å². The molecule has 1 aromatic heterocycles. The van der Waals surface area contributed by atoms with Crippen LogP contribution in [-0.4, -0.2) is 11.0 Å². The number of hydrogen-bond donors (Lipinski definition) is 1. The number of anilines is 1. The molecule has 72 valence electrons. The standard InChI is InChI=1S/C8H7N3O3/c9-3-4-7(10)14-8(11-4)5-1-2-6(12)13-5/h5H,1-2,10H2/t5-/m0/s1. The number of rotatable bonds is 1. The monoisotopic (exact) mass is 193 g/mol. The van der Waals surface area contributed by atoms with E-state index in [4.69, 9.17) is 20.1 Å². The number of oxazole rings is 1. The van der Waals surface area contributed by atoms with E-state index in [1.165, 1.54) is 0 Å². The Kier molecular flexibility index (Phi) is 1.85. The summed E-state index contributed by atoms with van der Waals surface area (Å²) in [6.45, 7) is 0. The number of carbonyl (C=O) groups excluding carboxylic acids is 1. The number of nitrogen functional groups attached to an aromatic ring is 1. The fourth-order valence-electron chi connectivity index (χ4n) is 1.27. The average Bonchev–Trinajstić information content (AvgIpc) is 2.71. The number of hydrogen-bond acceptors (Lipinski definition) is 6. The van der Waals surface area contributed by atoms with E-state index in [0.29, 0.717) is 12.8 Å². The minimum absolute atomic E-state index is 0.0305. The minimum Gasteiger partial charge on any atom is -0.452 e.